The normalized spacial score (nSPS) is 10.9. The van der Waals surface area contributed by atoms with Gasteiger partial charge in [-0.2, -0.15) is 0 Å². The second kappa shape index (κ2) is 39.5. The van der Waals surface area contributed by atoms with E-state index in [9.17, 15) is 9.59 Å². The van der Waals surface area contributed by atoms with E-state index >= 15 is 0 Å². The first-order valence-corrected chi connectivity index (χ1v) is 18.3. The Bertz CT molecular complexity index is 497. The van der Waals surface area contributed by atoms with Crippen LogP contribution in [0.3, 0.4) is 0 Å². The Kier molecular flexibility index (Phi) is 41.9. The Labute approximate surface area is 302 Å². The van der Waals surface area contributed by atoms with Crippen LogP contribution in [-0.2, 0) is 24.4 Å². The summed E-state index contributed by atoms with van der Waals surface area (Å²) in [6.45, 7) is 4.54. The molecular weight excluding hydrogens is 650 g/mol. The number of hydrogen-bond acceptors (Lipinski definition) is 5. The maximum atomic E-state index is 11.7. The molecule has 0 fully saturated rings. The third-order valence-corrected chi connectivity index (χ3v) is 8.22. The van der Waals surface area contributed by atoms with Gasteiger partial charge in [0.1, 0.15) is 0 Å². The topological polar surface area (TPSA) is 61.8 Å². The molecule has 0 saturated carbocycles. The van der Waals surface area contributed by atoms with Crippen molar-refractivity contribution in [2.45, 2.75) is 219 Å². The summed E-state index contributed by atoms with van der Waals surface area (Å²) in [6, 6.07) is 0. The zero-order valence-corrected chi connectivity index (χ0v) is 27.7. The molecule has 0 unspecified atom stereocenters. The van der Waals surface area contributed by atoms with Crippen LogP contribution in [0.5, 0.6) is 0 Å². The molecule has 0 saturated heterocycles. The number of carbonyl (C=O) groups excluding carboxylic acids is 2. The predicted molar refractivity (Wildman–Crippen MR) is 181 cm³/mol. The molecule has 0 aromatic carbocycles. The first kappa shape index (κ1) is 44.6. The molecule has 0 radical (unpaired) electrons. The van der Waals surface area contributed by atoms with Crippen LogP contribution in [-0.4, -0.2) is 60.8 Å². The molecule has 0 amide bonds. The molecule has 248 valence electrons. The first-order valence-electron chi connectivity index (χ1n) is 18.3. The summed E-state index contributed by atoms with van der Waals surface area (Å²) in [7, 11) is 0. The molecule has 0 spiro atoms. The van der Waals surface area contributed by atoms with Crippen molar-refractivity contribution in [2.75, 3.05) is 0 Å². The molecule has 42 heavy (non-hydrogen) atoms. The molecule has 0 aliphatic carbocycles. The fourth-order valence-corrected chi connectivity index (χ4v) is 5.46. The van der Waals surface area contributed by atoms with Crippen LogP contribution in [0.4, 0.5) is 0 Å². The standard InChI is InChI=1S/C36H70O5.Ba.2H/c1-3-5-7-9-11-13-15-17-19-21-23-25-27-29-31-33-35(37)39-41-40-36(38)34-32-30-28-26-24-22-20-18-16-14-12-10-8-6-4-2;;;/h3-34H2,1-2H3;;;. The van der Waals surface area contributed by atoms with Gasteiger partial charge in [0.05, 0.1) is 0 Å². The van der Waals surface area contributed by atoms with E-state index in [1.807, 2.05) is 0 Å². The molecule has 5 nitrogen and oxygen atoms in total. The monoisotopic (exact) mass is 722 g/mol. The quantitative estimate of drug-likeness (QED) is 0.0286. The minimum absolute atomic E-state index is 0. The van der Waals surface area contributed by atoms with Gasteiger partial charge in [0, 0.05) is 17.9 Å². The van der Waals surface area contributed by atoms with E-state index in [2.05, 4.69) is 28.7 Å². The van der Waals surface area contributed by atoms with Crippen LogP contribution in [0.2, 0.25) is 0 Å². The van der Waals surface area contributed by atoms with Gasteiger partial charge in [0.25, 0.3) is 0 Å². The minimum atomic E-state index is -0.473. The summed E-state index contributed by atoms with van der Waals surface area (Å²) in [4.78, 5) is 32.6. The van der Waals surface area contributed by atoms with Crippen molar-refractivity contribution in [1.82, 2.24) is 0 Å². The SMILES string of the molecule is CCCCCCCCCCCCCCCCCC(=O)OOOC(=O)CCCCCCCCCCCCCCCCC.[BaH2]. The second-order valence-electron chi connectivity index (χ2n) is 12.4. The zero-order chi connectivity index (χ0) is 29.9. The number of rotatable bonds is 34. The number of carbonyl (C=O) groups is 2. The summed E-state index contributed by atoms with van der Waals surface area (Å²) < 4.78 is 0. The molecule has 0 aromatic rings. The van der Waals surface area contributed by atoms with Crippen LogP contribution in [0, 0.1) is 0 Å². The molecule has 0 atom stereocenters. The van der Waals surface area contributed by atoms with E-state index in [-0.39, 0.29) is 48.9 Å². The van der Waals surface area contributed by atoms with E-state index in [0.29, 0.717) is 12.8 Å². The van der Waals surface area contributed by atoms with Gasteiger partial charge >= 0.3 is 60.8 Å². The second-order valence-corrected chi connectivity index (χ2v) is 12.4. The van der Waals surface area contributed by atoms with Crippen molar-refractivity contribution < 1.29 is 24.4 Å². The summed E-state index contributed by atoms with van der Waals surface area (Å²) in [5, 5.41) is 4.41. The van der Waals surface area contributed by atoms with Gasteiger partial charge in [-0.15, -0.1) is 0 Å². The molecule has 0 aliphatic heterocycles. The molecule has 0 N–H and O–H groups in total. The molecule has 0 heterocycles. The summed E-state index contributed by atoms with van der Waals surface area (Å²) in [5.41, 5.74) is 0. The van der Waals surface area contributed by atoms with Gasteiger partial charge in [-0.05, 0) is 12.8 Å². The molecule has 0 aromatic heterocycles. The average molecular weight is 722 g/mol. The first-order chi connectivity index (χ1) is 20.2. The fraction of sp³-hybridized carbons (Fsp3) is 0.944. The van der Waals surface area contributed by atoms with Gasteiger partial charge in [0.2, 0.25) is 0 Å². The van der Waals surface area contributed by atoms with Gasteiger partial charge in [-0.1, -0.05) is 194 Å². The third kappa shape index (κ3) is 38.5. The molecule has 6 heteroatoms. The van der Waals surface area contributed by atoms with Crippen molar-refractivity contribution in [2.24, 2.45) is 0 Å². The van der Waals surface area contributed by atoms with Gasteiger partial charge in [-0.3, -0.25) is 9.78 Å². The van der Waals surface area contributed by atoms with Crippen LogP contribution in [0.25, 0.3) is 0 Å². The Morgan fingerprint density at radius 3 is 0.738 bits per heavy atom. The Morgan fingerprint density at radius 1 is 0.333 bits per heavy atom. The van der Waals surface area contributed by atoms with Crippen molar-refractivity contribution in [3.8, 4) is 0 Å². The van der Waals surface area contributed by atoms with Gasteiger partial charge in [-0.25, -0.2) is 9.59 Å². The summed E-state index contributed by atoms with van der Waals surface area (Å²) >= 11 is 0. The van der Waals surface area contributed by atoms with Crippen LogP contribution < -0.4 is 0 Å². The third-order valence-electron chi connectivity index (χ3n) is 8.22. The number of hydrogen-bond donors (Lipinski definition) is 0. The van der Waals surface area contributed by atoms with E-state index in [4.69, 9.17) is 0 Å². The Balaban J connectivity index is 0. The molecule has 0 bridgehead atoms. The van der Waals surface area contributed by atoms with E-state index in [1.165, 1.54) is 154 Å². The van der Waals surface area contributed by atoms with Crippen LogP contribution in [0.15, 0.2) is 0 Å². The van der Waals surface area contributed by atoms with Crippen molar-refractivity contribution in [1.29, 1.82) is 0 Å². The van der Waals surface area contributed by atoms with Crippen molar-refractivity contribution in [3.63, 3.8) is 0 Å². The maximum absolute atomic E-state index is 11.7. The number of unbranched alkanes of at least 4 members (excludes halogenated alkanes) is 28. The zero-order valence-electron chi connectivity index (χ0n) is 27.7. The fourth-order valence-electron chi connectivity index (χ4n) is 5.46. The van der Waals surface area contributed by atoms with Crippen LogP contribution >= 0.6 is 0 Å². The predicted octanol–water partition coefficient (Wildman–Crippen LogP) is 11.5. The molecule has 0 rings (SSSR count). The van der Waals surface area contributed by atoms with Gasteiger partial charge in [0.15, 0.2) is 0 Å². The Morgan fingerprint density at radius 2 is 0.524 bits per heavy atom. The van der Waals surface area contributed by atoms with Crippen LogP contribution in [0.1, 0.15) is 219 Å². The molecular formula is C36H72BaO5. The van der Waals surface area contributed by atoms with Crippen molar-refractivity contribution >= 4 is 60.8 Å². The summed E-state index contributed by atoms with van der Waals surface area (Å²) in [5.74, 6) is -0.945. The van der Waals surface area contributed by atoms with Crippen molar-refractivity contribution in [3.05, 3.63) is 0 Å². The van der Waals surface area contributed by atoms with E-state index in [1.54, 1.807) is 0 Å². The van der Waals surface area contributed by atoms with E-state index < -0.39 is 11.9 Å². The van der Waals surface area contributed by atoms with Gasteiger partial charge < -0.3 is 0 Å². The van der Waals surface area contributed by atoms with E-state index in [0.717, 1.165) is 38.5 Å². The summed E-state index contributed by atoms with van der Waals surface area (Å²) in [6.07, 6.45) is 39.2. The molecule has 0 aliphatic rings. The Hall–Kier alpha value is 0.471. The average Bonchev–Trinajstić information content (AvgIpc) is 2.97.